The largest absolute Gasteiger partial charge is 0.497 e. The molecule has 1 aromatic carbocycles. The highest BCUT2D eigenvalue weighted by Gasteiger charge is 2.33. The number of hydrogen-bond donors (Lipinski definition) is 0. The van der Waals surface area contributed by atoms with Crippen LogP contribution in [-0.2, 0) is 11.2 Å². The van der Waals surface area contributed by atoms with Crippen LogP contribution in [0.25, 0.3) is 10.2 Å². The van der Waals surface area contributed by atoms with E-state index in [0.29, 0.717) is 19.4 Å². The van der Waals surface area contributed by atoms with Gasteiger partial charge >= 0.3 is 0 Å². The number of amides is 2. The number of aryl methyl sites for hydroxylation is 1. The third-order valence-electron chi connectivity index (χ3n) is 5.84. The lowest BCUT2D eigenvalue weighted by Crippen LogP contribution is -2.29. The van der Waals surface area contributed by atoms with E-state index in [1.807, 2.05) is 41.3 Å². The Labute approximate surface area is 186 Å². The number of hydrogen-bond acceptors (Lipinski definition) is 5. The van der Waals surface area contributed by atoms with Crippen LogP contribution in [0.3, 0.4) is 0 Å². The van der Waals surface area contributed by atoms with Gasteiger partial charge in [0.2, 0.25) is 5.91 Å². The molecule has 0 bridgehead atoms. The van der Waals surface area contributed by atoms with E-state index in [9.17, 15) is 9.59 Å². The lowest BCUT2D eigenvalue weighted by Gasteiger charge is -2.18. The summed E-state index contributed by atoms with van der Waals surface area (Å²) in [5, 5.41) is 1.04. The van der Waals surface area contributed by atoms with Crippen LogP contribution in [0.15, 0.2) is 42.6 Å². The van der Waals surface area contributed by atoms with Crippen molar-refractivity contribution >= 4 is 33.4 Å². The molecule has 0 radical (unpaired) electrons. The number of ether oxygens (including phenoxy) is 1. The summed E-state index contributed by atoms with van der Waals surface area (Å²) in [6.07, 6.45) is 3.81. The topological polar surface area (TPSA) is 62.7 Å². The molecule has 0 N–H and O–H groups in total. The third kappa shape index (κ3) is 4.42. The van der Waals surface area contributed by atoms with Gasteiger partial charge in [-0.3, -0.25) is 9.59 Å². The van der Waals surface area contributed by atoms with Crippen molar-refractivity contribution in [1.29, 1.82) is 0 Å². The Bertz CT molecular complexity index is 1090. The summed E-state index contributed by atoms with van der Waals surface area (Å²) in [5.74, 6) is 1.14. The number of rotatable bonds is 6. The summed E-state index contributed by atoms with van der Waals surface area (Å²) < 4.78 is 5.19. The summed E-state index contributed by atoms with van der Waals surface area (Å²) in [6, 6.07) is 11.8. The van der Waals surface area contributed by atoms with E-state index in [0.717, 1.165) is 44.9 Å². The van der Waals surface area contributed by atoms with Crippen molar-refractivity contribution in [3.05, 3.63) is 58.6 Å². The van der Waals surface area contributed by atoms with Crippen LogP contribution >= 0.6 is 11.3 Å². The van der Waals surface area contributed by atoms with Gasteiger partial charge in [0.05, 0.1) is 12.0 Å². The van der Waals surface area contributed by atoms with Gasteiger partial charge in [-0.1, -0.05) is 18.2 Å². The number of nitrogens with zero attached hydrogens (tertiary/aromatic N) is 3. The fraction of sp³-hybridized carbons (Fsp3) is 0.375. The fourth-order valence-electron chi connectivity index (χ4n) is 4.14. The van der Waals surface area contributed by atoms with Gasteiger partial charge in [0, 0.05) is 51.1 Å². The first-order valence-corrected chi connectivity index (χ1v) is 11.3. The molecular weight excluding hydrogens is 410 g/mol. The van der Waals surface area contributed by atoms with E-state index >= 15 is 0 Å². The van der Waals surface area contributed by atoms with Gasteiger partial charge in [0.15, 0.2) is 0 Å². The molecular formula is C24H27N3O3S. The van der Waals surface area contributed by atoms with Gasteiger partial charge in [0.1, 0.15) is 10.6 Å². The summed E-state index contributed by atoms with van der Waals surface area (Å²) in [4.78, 5) is 35.3. The van der Waals surface area contributed by atoms with Gasteiger partial charge in [-0.2, -0.15) is 0 Å². The molecule has 7 heteroatoms. The van der Waals surface area contributed by atoms with Crippen LogP contribution in [0.2, 0.25) is 0 Å². The van der Waals surface area contributed by atoms with Crippen molar-refractivity contribution in [1.82, 2.24) is 14.8 Å². The summed E-state index contributed by atoms with van der Waals surface area (Å²) in [7, 11) is 5.19. The number of carbonyl (C=O) groups excluding carboxylic acids is 2. The average molecular weight is 438 g/mol. The highest BCUT2D eigenvalue weighted by Crippen LogP contribution is 2.39. The Hall–Kier alpha value is -2.93. The van der Waals surface area contributed by atoms with Gasteiger partial charge in [0.25, 0.3) is 5.91 Å². The van der Waals surface area contributed by atoms with Crippen LogP contribution in [0.1, 0.15) is 39.6 Å². The van der Waals surface area contributed by atoms with Gasteiger partial charge in [-0.05, 0) is 42.2 Å². The monoisotopic (exact) mass is 437 g/mol. The van der Waals surface area contributed by atoms with Crippen LogP contribution in [0.5, 0.6) is 5.75 Å². The molecule has 0 saturated carbocycles. The molecule has 0 unspecified atom stereocenters. The molecule has 3 aromatic rings. The molecule has 6 nitrogen and oxygen atoms in total. The van der Waals surface area contributed by atoms with Crippen LogP contribution in [-0.4, -0.2) is 60.9 Å². The Morgan fingerprint density at radius 3 is 2.71 bits per heavy atom. The molecule has 1 aliphatic heterocycles. The first-order valence-electron chi connectivity index (χ1n) is 10.5. The standard InChI is InChI=1S/C24H27N3O3S/c1-26(2)24(29)22-21(19-5-4-13-25-23(19)31-22)17-12-14-27(15-17)20(28)11-8-16-6-9-18(30-3)10-7-16/h4-7,9-10,13,17H,8,11-12,14-15H2,1-3H3/t17-/m0/s1. The predicted molar refractivity (Wildman–Crippen MR) is 123 cm³/mol. The van der Waals surface area contributed by atoms with Crippen LogP contribution < -0.4 is 4.74 Å². The van der Waals surface area contributed by atoms with E-state index in [1.54, 1.807) is 32.3 Å². The molecule has 0 spiro atoms. The minimum Gasteiger partial charge on any atom is -0.497 e. The smallest absolute Gasteiger partial charge is 0.263 e. The van der Waals surface area contributed by atoms with Crippen molar-refractivity contribution in [3.63, 3.8) is 0 Å². The SMILES string of the molecule is COc1ccc(CCC(=O)N2CC[C@H](c3c(C(=O)N(C)C)sc4ncccc34)C2)cc1. The van der Waals surface area contributed by atoms with E-state index in [1.165, 1.54) is 11.3 Å². The molecule has 2 amide bonds. The average Bonchev–Trinajstić information content (AvgIpc) is 3.41. The first kappa shape index (κ1) is 21.3. The molecule has 4 rings (SSSR count). The van der Waals surface area contributed by atoms with Crippen molar-refractivity contribution in [2.45, 2.75) is 25.2 Å². The predicted octanol–water partition coefficient (Wildman–Crippen LogP) is 3.96. The number of thiophene rings is 1. The maximum Gasteiger partial charge on any atom is 0.263 e. The first-order chi connectivity index (χ1) is 15.0. The van der Waals surface area contributed by atoms with E-state index in [4.69, 9.17) is 4.74 Å². The lowest BCUT2D eigenvalue weighted by molar-refractivity contribution is -0.130. The maximum absolute atomic E-state index is 12.9. The summed E-state index contributed by atoms with van der Waals surface area (Å²) >= 11 is 1.45. The quantitative estimate of drug-likeness (QED) is 0.586. The number of carbonyl (C=O) groups is 2. The minimum atomic E-state index is 0.00211. The van der Waals surface area contributed by atoms with Crippen molar-refractivity contribution < 1.29 is 14.3 Å². The molecule has 2 aromatic heterocycles. The number of fused-ring (bicyclic) bond motifs is 1. The molecule has 31 heavy (non-hydrogen) atoms. The molecule has 1 fully saturated rings. The molecule has 1 atom stereocenters. The zero-order valence-corrected chi connectivity index (χ0v) is 18.9. The Balaban J connectivity index is 1.48. The Morgan fingerprint density at radius 1 is 1.23 bits per heavy atom. The van der Waals surface area contributed by atoms with Crippen LogP contribution in [0.4, 0.5) is 0 Å². The Kier molecular flexibility index (Phi) is 6.23. The van der Waals surface area contributed by atoms with Gasteiger partial charge in [-0.25, -0.2) is 4.98 Å². The second-order valence-electron chi connectivity index (χ2n) is 8.07. The van der Waals surface area contributed by atoms with Crippen molar-refractivity contribution in [2.75, 3.05) is 34.3 Å². The minimum absolute atomic E-state index is 0.00211. The highest BCUT2D eigenvalue weighted by molar-refractivity contribution is 7.20. The van der Waals surface area contributed by atoms with E-state index in [-0.39, 0.29) is 17.7 Å². The van der Waals surface area contributed by atoms with Crippen molar-refractivity contribution in [3.8, 4) is 5.75 Å². The molecule has 162 valence electrons. The number of likely N-dealkylation sites (tertiary alicyclic amines) is 1. The zero-order chi connectivity index (χ0) is 22.0. The summed E-state index contributed by atoms with van der Waals surface area (Å²) in [5.41, 5.74) is 2.18. The van der Waals surface area contributed by atoms with Gasteiger partial charge in [-0.15, -0.1) is 11.3 Å². The second-order valence-corrected chi connectivity index (χ2v) is 9.07. The summed E-state index contributed by atoms with van der Waals surface area (Å²) in [6.45, 7) is 1.37. The van der Waals surface area contributed by atoms with Crippen molar-refractivity contribution in [2.24, 2.45) is 0 Å². The third-order valence-corrected chi connectivity index (χ3v) is 6.96. The lowest BCUT2D eigenvalue weighted by atomic mass is 9.95. The van der Waals surface area contributed by atoms with E-state index < -0.39 is 0 Å². The number of aromatic nitrogens is 1. The molecule has 0 aliphatic carbocycles. The Morgan fingerprint density at radius 2 is 2.00 bits per heavy atom. The number of pyridine rings is 1. The van der Waals surface area contributed by atoms with Crippen LogP contribution in [0, 0.1) is 0 Å². The zero-order valence-electron chi connectivity index (χ0n) is 18.1. The maximum atomic E-state index is 12.9. The fourth-order valence-corrected chi connectivity index (χ4v) is 5.39. The second kappa shape index (κ2) is 9.06. The number of methoxy groups -OCH3 is 1. The van der Waals surface area contributed by atoms with E-state index in [2.05, 4.69) is 4.98 Å². The number of benzene rings is 1. The molecule has 1 saturated heterocycles. The normalized spacial score (nSPS) is 16.0. The molecule has 1 aliphatic rings. The highest BCUT2D eigenvalue weighted by atomic mass is 32.1. The molecule has 3 heterocycles. The van der Waals surface area contributed by atoms with Gasteiger partial charge < -0.3 is 14.5 Å².